The van der Waals surface area contributed by atoms with Gasteiger partial charge in [-0.3, -0.25) is 9.59 Å². The van der Waals surface area contributed by atoms with E-state index in [4.69, 9.17) is 4.74 Å². The maximum absolute atomic E-state index is 12.3. The predicted octanol–water partition coefficient (Wildman–Crippen LogP) is 3.08. The summed E-state index contributed by atoms with van der Waals surface area (Å²) in [6.07, 6.45) is 2.26. The Labute approximate surface area is 119 Å². The van der Waals surface area contributed by atoms with Gasteiger partial charge in [0.2, 0.25) is 11.6 Å². The van der Waals surface area contributed by atoms with E-state index >= 15 is 0 Å². The summed E-state index contributed by atoms with van der Waals surface area (Å²) in [6.45, 7) is 6.43. The van der Waals surface area contributed by atoms with E-state index in [1.807, 2.05) is 17.7 Å². The van der Waals surface area contributed by atoms with Crippen LogP contribution in [0.25, 0.3) is 0 Å². The van der Waals surface area contributed by atoms with Gasteiger partial charge in [0.25, 0.3) is 0 Å². The minimum absolute atomic E-state index is 0.122. The number of carbonyl (C=O) groups excluding carboxylic acids is 2. The molecular formula is C16H21NO3. The maximum Gasteiger partial charge on any atom is 0.229 e. The molecule has 0 amide bonds. The molecule has 108 valence electrons. The summed E-state index contributed by atoms with van der Waals surface area (Å²) in [5.74, 6) is 0.538. The molecule has 0 N–H and O–H groups in total. The number of fused-ring (bicyclic) bond motifs is 1. The molecule has 0 bridgehead atoms. The van der Waals surface area contributed by atoms with Crippen LogP contribution in [0.3, 0.4) is 0 Å². The molecule has 20 heavy (non-hydrogen) atoms. The Hall–Kier alpha value is -1.84. The molecule has 1 aliphatic carbocycles. The van der Waals surface area contributed by atoms with Crippen LogP contribution in [0, 0.1) is 5.92 Å². The van der Waals surface area contributed by atoms with Crippen LogP contribution in [0.15, 0.2) is 17.9 Å². The summed E-state index contributed by atoms with van der Waals surface area (Å²) in [5.41, 5.74) is 1.98. The molecule has 0 saturated carbocycles. The van der Waals surface area contributed by atoms with Crippen LogP contribution < -0.4 is 0 Å². The standard InChI is InChI=1S/C16H21NO3/c1-6-10(9(2)3)12-7-11-15(17(12)4)13(18)8-14(20-5)16(11)19/h7-10H,6H2,1-5H3. The molecule has 0 fully saturated rings. The summed E-state index contributed by atoms with van der Waals surface area (Å²) in [6, 6.07) is 1.86. The second-order valence-corrected chi connectivity index (χ2v) is 5.56. The van der Waals surface area contributed by atoms with Crippen molar-refractivity contribution in [2.45, 2.75) is 33.1 Å². The number of ketones is 2. The molecule has 2 rings (SSSR count). The lowest BCUT2D eigenvalue weighted by Crippen LogP contribution is -2.19. The van der Waals surface area contributed by atoms with Gasteiger partial charge >= 0.3 is 0 Å². The van der Waals surface area contributed by atoms with Gasteiger partial charge in [-0.25, -0.2) is 0 Å². The van der Waals surface area contributed by atoms with Crippen molar-refractivity contribution in [2.75, 3.05) is 7.11 Å². The van der Waals surface area contributed by atoms with E-state index in [0.29, 0.717) is 23.1 Å². The maximum atomic E-state index is 12.3. The SMILES string of the molecule is CCC(c1cc2c(n1C)C(=O)C=C(OC)C2=O)C(C)C. The molecule has 0 aromatic carbocycles. The van der Waals surface area contributed by atoms with Gasteiger partial charge in [0.1, 0.15) is 5.69 Å². The van der Waals surface area contributed by atoms with E-state index in [1.54, 1.807) is 0 Å². The monoisotopic (exact) mass is 275 g/mol. The van der Waals surface area contributed by atoms with Gasteiger partial charge in [0, 0.05) is 24.7 Å². The zero-order valence-electron chi connectivity index (χ0n) is 12.7. The van der Waals surface area contributed by atoms with E-state index in [1.165, 1.54) is 13.2 Å². The van der Waals surface area contributed by atoms with Gasteiger partial charge in [-0.05, 0) is 18.4 Å². The minimum atomic E-state index is -0.206. The van der Waals surface area contributed by atoms with Crippen molar-refractivity contribution in [2.24, 2.45) is 13.0 Å². The number of aromatic nitrogens is 1. The topological polar surface area (TPSA) is 48.3 Å². The van der Waals surface area contributed by atoms with Gasteiger partial charge in [0.15, 0.2) is 5.76 Å². The third kappa shape index (κ3) is 2.09. The molecule has 1 aromatic rings. The molecule has 1 aliphatic rings. The summed E-state index contributed by atoms with van der Waals surface area (Å²) >= 11 is 0. The van der Waals surface area contributed by atoms with Crippen LogP contribution in [0.1, 0.15) is 59.7 Å². The van der Waals surface area contributed by atoms with Gasteiger partial charge in [-0.1, -0.05) is 20.8 Å². The first-order valence-corrected chi connectivity index (χ1v) is 6.96. The first kappa shape index (κ1) is 14.6. The number of nitrogens with zero attached hydrogens (tertiary/aromatic N) is 1. The van der Waals surface area contributed by atoms with E-state index in [-0.39, 0.29) is 17.3 Å². The Balaban J connectivity index is 2.57. The largest absolute Gasteiger partial charge is 0.492 e. The highest BCUT2D eigenvalue weighted by molar-refractivity contribution is 6.23. The number of allylic oxidation sites excluding steroid dienone is 2. The normalized spacial score (nSPS) is 16.2. The van der Waals surface area contributed by atoms with Gasteiger partial charge in [-0.2, -0.15) is 0 Å². The zero-order valence-corrected chi connectivity index (χ0v) is 12.7. The van der Waals surface area contributed by atoms with E-state index < -0.39 is 0 Å². The molecule has 1 atom stereocenters. The number of Topliss-reactive ketones (excluding diaryl/α,β-unsaturated/α-hetero) is 1. The molecular weight excluding hydrogens is 254 g/mol. The third-order valence-electron chi connectivity index (χ3n) is 4.08. The van der Waals surface area contributed by atoms with Crippen molar-refractivity contribution in [3.05, 3.63) is 34.9 Å². The summed E-state index contributed by atoms with van der Waals surface area (Å²) < 4.78 is 6.86. The molecule has 0 spiro atoms. The fourth-order valence-corrected chi connectivity index (χ4v) is 3.01. The Kier molecular flexibility index (Phi) is 3.84. The number of rotatable bonds is 4. The predicted molar refractivity (Wildman–Crippen MR) is 77.0 cm³/mol. The highest BCUT2D eigenvalue weighted by Crippen LogP contribution is 2.33. The molecule has 0 radical (unpaired) electrons. The van der Waals surface area contributed by atoms with Gasteiger partial charge in [0.05, 0.1) is 12.7 Å². The highest BCUT2D eigenvalue weighted by Gasteiger charge is 2.32. The molecule has 0 saturated heterocycles. The lowest BCUT2D eigenvalue weighted by molar-refractivity contribution is 0.0914. The lowest BCUT2D eigenvalue weighted by Gasteiger charge is -2.20. The van der Waals surface area contributed by atoms with Crippen LogP contribution in [0.4, 0.5) is 0 Å². The van der Waals surface area contributed by atoms with Crippen molar-refractivity contribution in [3.63, 3.8) is 0 Å². The zero-order chi connectivity index (χ0) is 15.0. The summed E-state index contributed by atoms with van der Waals surface area (Å²) in [7, 11) is 3.27. The molecule has 1 aromatic heterocycles. The van der Waals surface area contributed by atoms with Crippen molar-refractivity contribution in [3.8, 4) is 0 Å². The van der Waals surface area contributed by atoms with E-state index in [0.717, 1.165) is 12.1 Å². The van der Waals surface area contributed by atoms with Gasteiger partial charge in [-0.15, -0.1) is 0 Å². The average molecular weight is 275 g/mol. The number of hydrogen-bond donors (Lipinski definition) is 0. The highest BCUT2D eigenvalue weighted by atomic mass is 16.5. The van der Waals surface area contributed by atoms with Crippen molar-refractivity contribution < 1.29 is 14.3 Å². The summed E-state index contributed by atoms with van der Waals surface area (Å²) in [5, 5.41) is 0. The number of ether oxygens (including phenoxy) is 1. The molecule has 1 unspecified atom stereocenters. The van der Waals surface area contributed by atoms with Crippen LogP contribution in [0.5, 0.6) is 0 Å². The van der Waals surface area contributed by atoms with Gasteiger partial charge < -0.3 is 9.30 Å². The molecule has 0 aliphatic heterocycles. The smallest absolute Gasteiger partial charge is 0.229 e. The quantitative estimate of drug-likeness (QED) is 0.848. The van der Waals surface area contributed by atoms with Crippen LogP contribution in [-0.4, -0.2) is 23.2 Å². The second kappa shape index (κ2) is 5.27. The van der Waals surface area contributed by atoms with Crippen LogP contribution >= 0.6 is 0 Å². The Morgan fingerprint density at radius 3 is 2.45 bits per heavy atom. The van der Waals surface area contributed by atoms with Crippen LogP contribution in [-0.2, 0) is 11.8 Å². The number of carbonyl (C=O) groups is 2. The molecule has 4 nitrogen and oxygen atoms in total. The Bertz CT molecular complexity index is 593. The first-order chi connectivity index (χ1) is 9.42. The number of methoxy groups -OCH3 is 1. The van der Waals surface area contributed by atoms with E-state index in [2.05, 4.69) is 20.8 Å². The van der Waals surface area contributed by atoms with E-state index in [9.17, 15) is 9.59 Å². The Morgan fingerprint density at radius 1 is 1.30 bits per heavy atom. The minimum Gasteiger partial charge on any atom is -0.492 e. The van der Waals surface area contributed by atoms with Crippen LogP contribution in [0.2, 0.25) is 0 Å². The Morgan fingerprint density at radius 2 is 1.95 bits per heavy atom. The van der Waals surface area contributed by atoms with Crippen molar-refractivity contribution >= 4 is 11.6 Å². The average Bonchev–Trinajstić information content (AvgIpc) is 2.73. The number of hydrogen-bond acceptors (Lipinski definition) is 3. The first-order valence-electron chi connectivity index (χ1n) is 6.96. The molecule has 4 heteroatoms. The fraction of sp³-hybridized carbons (Fsp3) is 0.500. The molecule has 1 heterocycles. The third-order valence-corrected chi connectivity index (χ3v) is 4.08. The second-order valence-electron chi connectivity index (χ2n) is 5.56. The van der Waals surface area contributed by atoms with Crippen molar-refractivity contribution in [1.82, 2.24) is 4.57 Å². The van der Waals surface area contributed by atoms with Crippen molar-refractivity contribution in [1.29, 1.82) is 0 Å². The summed E-state index contributed by atoms with van der Waals surface area (Å²) in [4.78, 5) is 24.5. The lowest BCUT2D eigenvalue weighted by atomic mass is 9.89. The fourth-order valence-electron chi connectivity index (χ4n) is 3.01.